The first-order valence-corrected chi connectivity index (χ1v) is 5.64. The Morgan fingerprint density at radius 3 is 2.33 bits per heavy atom. The lowest BCUT2D eigenvalue weighted by Gasteiger charge is -2.11. The summed E-state index contributed by atoms with van der Waals surface area (Å²) in [5.41, 5.74) is 6.59. The van der Waals surface area contributed by atoms with E-state index >= 15 is 0 Å². The van der Waals surface area contributed by atoms with Crippen LogP contribution in [0.2, 0.25) is 10.0 Å². The van der Waals surface area contributed by atoms with Gasteiger partial charge in [-0.1, -0.05) is 23.2 Å². The van der Waals surface area contributed by atoms with E-state index in [2.05, 4.69) is 0 Å². The van der Waals surface area contributed by atoms with Gasteiger partial charge in [-0.25, -0.2) is 0 Å². The summed E-state index contributed by atoms with van der Waals surface area (Å²) in [5.74, 6) is 0.295. The lowest BCUT2D eigenvalue weighted by Crippen LogP contribution is -2.21. The van der Waals surface area contributed by atoms with Crippen molar-refractivity contribution < 1.29 is 5.11 Å². The zero-order valence-electron chi connectivity index (χ0n) is 8.21. The average Bonchev–Trinajstić information content (AvgIpc) is 2.91. The van der Waals surface area contributed by atoms with E-state index in [-0.39, 0.29) is 12.0 Å². The highest BCUT2D eigenvalue weighted by Gasteiger charge is 2.53. The van der Waals surface area contributed by atoms with E-state index in [1.807, 2.05) is 12.1 Å². The van der Waals surface area contributed by atoms with Crippen molar-refractivity contribution in [1.29, 1.82) is 0 Å². The second-order valence-corrected chi connectivity index (χ2v) is 5.06. The number of halogens is 2. The van der Waals surface area contributed by atoms with Gasteiger partial charge in [0.2, 0.25) is 0 Å². The fourth-order valence-corrected chi connectivity index (χ4v) is 2.60. The van der Waals surface area contributed by atoms with Crippen LogP contribution in [-0.4, -0.2) is 18.3 Å². The minimum absolute atomic E-state index is 0.123. The number of hydrogen-bond acceptors (Lipinski definition) is 2. The van der Waals surface area contributed by atoms with Gasteiger partial charge in [-0.05, 0) is 36.1 Å². The fraction of sp³-hybridized carbons (Fsp3) is 0.455. The van der Waals surface area contributed by atoms with Crippen molar-refractivity contribution in [3.05, 3.63) is 33.8 Å². The molecule has 0 unspecified atom stereocenters. The number of benzene rings is 1. The summed E-state index contributed by atoms with van der Waals surface area (Å²) in [4.78, 5) is 0. The summed E-state index contributed by atoms with van der Waals surface area (Å²) < 4.78 is 0. The largest absolute Gasteiger partial charge is 0.396 e. The molecule has 0 aromatic heterocycles. The molecular formula is C11H13Cl2NO. The van der Waals surface area contributed by atoms with Crippen LogP contribution in [-0.2, 0) is 0 Å². The van der Waals surface area contributed by atoms with Crippen molar-refractivity contribution in [2.45, 2.75) is 12.3 Å². The highest BCUT2D eigenvalue weighted by molar-refractivity contribution is 6.34. The number of nitrogens with two attached hydrogens (primary N) is 1. The van der Waals surface area contributed by atoms with Gasteiger partial charge < -0.3 is 10.8 Å². The predicted molar refractivity (Wildman–Crippen MR) is 62.4 cm³/mol. The maximum atomic E-state index is 9.28. The van der Waals surface area contributed by atoms with Crippen LogP contribution < -0.4 is 5.73 Å². The Balaban J connectivity index is 2.26. The van der Waals surface area contributed by atoms with Crippen LogP contribution in [0.3, 0.4) is 0 Å². The lowest BCUT2D eigenvalue weighted by atomic mass is 10.0. The number of aliphatic hydroxyl groups is 1. The van der Waals surface area contributed by atoms with Gasteiger partial charge in [0, 0.05) is 22.0 Å². The molecule has 0 bridgehead atoms. The third kappa shape index (κ3) is 2.00. The molecule has 4 heteroatoms. The zero-order chi connectivity index (χ0) is 11.1. The highest BCUT2D eigenvalue weighted by atomic mass is 35.5. The van der Waals surface area contributed by atoms with Gasteiger partial charge >= 0.3 is 0 Å². The van der Waals surface area contributed by atoms with Crippen molar-refractivity contribution in [3.63, 3.8) is 0 Å². The van der Waals surface area contributed by atoms with Crippen molar-refractivity contribution in [2.75, 3.05) is 13.2 Å². The Hall–Kier alpha value is -0.280. The molecule has 0 aliphatic heterocycles. The molecule has 0 amide bonds. The molecule has 0 spiro atoms. The molecule has 1 saturated carbocycles. The first-order valence-electron chi connectivity index (χ1n) is 4.88. The average molecular weight is 246 g/mol. The van der Waals surface area contributed by atoms with E-state index in [0.29, 0.717) is 22.5 Å². The molecule has 1 aliphatic rings. The van der Waals surface area contributed by atoms with Gasteiger partial charge in [0.25, 0.3) is 0 Å². The van der Waals surface area contributed by atoms with Crippen LogP contribution >= 0.6 is 23.2 Å². The van der Waals surface area contributed by atoms with Crippen molar-refractivity contribution in [2.24, 2.45) is 11.1 Å². The van der Waals surface area contributed by atoms with Crippen LogP contribution in [0.1, 0.15) is 17.9 Å². The lowest BCUT2D eigenvalue weighted by molar-refractivity contribution is 0.211. The van der Waals surface area contributed by atoms with E-state index in [9.17, 15) is 5.11 Å². The predicted octanol–water partition coefficient (Wildman–Crippen LogP) is 2.42. The molecule has 3 N–H and O–H groups in total. The summed E-state index contributed by atoms with van der Waals surface area (Å²) in [6, 6.07) is 5.49. The van der Waals surface area contributed by atoms with Crippen molar-refractivity contribution in [1.82, 2.24) is 0 Å². The van der Waals surface area contributed by atoms with Crippen LogP contribution in [0.4, 0.5) is 0 Å². The quantitative estimate of drug-likeness (QED) is 0.860. The summed E-state index contributed by atoms with van der Waals surface area (Å²) in [6.45, 7) is 0.622. The van der Waals surface area contributed by atoms with Crippen LogP contribution in [0.5, 0.6) is 0 Å². The molecule has 1 aromatic carbocycles. The molecule has 0 saturated heterocycles. The van der Waals surface area contributed by atoms with Gasteiger partial charge in [-0.15, -0.1) is 0 Å². The molecule has 82 valence electrons. The smallest absolute Gasteiger partial charge is 0.0505 e. The summed E-state index contributed by atoms with van der Waals surface area (Å²) in [7, 11) is 0. The molecule has 1 fully saturated rings. The van der Waals surface area contributed by atoms with Crippen molar-refractivity contribution in [3.8, 4) is 0 Å². The topological polar surface area (TPSA) is 46.2 Å². The second-order valence-electron chi connectivity index (χ2n) is 4.18. The molecule has 2 atom stereocenters. The Labute approximate surface area is 99.0 Å². The molecule has 0 heterocycles. The Kier molecular flexibility index (Phi) is 2.95. The minimum atomic E-state index is -0.145. The van der Waals surface area contributed by atoms with Gasteiger partial charge in [0.1, 0.15) is 0 Å². The summed E-state index contributed by atoms with van der Waals surface area (Å²) >= 11 is 11.8. The first kappa shape index (κ1) is 11.2. The highest BCUT2D eigenvalue weighted by Crippen LogP contribution is 2.58. The third-order valence-electron chi connectivity index (χ3n) is 3.20. The molecule has 15 heavy (non-hydrogen) atoms. The Bertz CT molecular complexity index is 357. The van der Waals surface area contributed by atoms with E-state index in [4.69, 9.17) is 28.9 Å². The Morgan fingerprint density at radius 1 is 1.33 bits per heavy atom. The van der Waals surface area contributed by atoms with Gasteiger partial charge in [0.05, 0.1) is 6.61 Å². The van der Waals surface area contributed by atoms with Crippen LogP contribution in [0.25, 0.3) is 0 Å². The second kappa shape index (κ2) is 3.95. The first-order chi connectivity index (χ1) is 7.11. The molecule has 2 rings (SSSR count). The van der Waals surface area contributed by atoms with E-state index in [1.165, 1.54) is 0 Å². The summed E-state index contributed by atoms with van der Waals surface area (Å²) in [5, 5.41) is 10.5. The molecular weight excluding hydrogens is 233 g/mol. The molecule has 1 aromatic rings. The van der Waals surface area contributed by atoms with E-state index in [1.54, 1.807) is 6.07 Å². The van der Waals surface area contributed by atoms with Crippen molar-refractivity contribution >= 4 is 23.2 Å². The van der Waals surface area contributed by atoms with Crippen LogP contribution in [0.15, 0.2) is 18.2 Å². The zero-order valence-corrected chi connectivity index (χ0v) is 9.72. The SMILES string of the molecule is NC[C@@]1(CO)C[C@@H]1c1cc(Cl)cc(Cl)c1. The number of rotatable bonds is 3. The summed E-state index contributed by atoms with van der Waals surface area (Å²) in [6.07, 6.45) is 0.913. The molecule has 1 aliphatic carbocycles. The standard InChI is InChI=1S/C11H13Cl2NO/c12-8-1-7(2-9(13)3-8)10-4-11(10,5-14)6-15/h1-3,10,15H,4-6,14H2/t10-,11-/m1/s1. The van der Waals surface area contributed by atoms with Gasteiger partial charge in [0.15, 0.2) is 0 Å². The third-order valence-corrected chi connectivity index (χ3v) is 3.63. The maximum absolute atomic E-state index is 9.28. The van der Waals surface area contributed by atoms with Crippen LogP contribution in [0, 0.1) is 5.41 Å². The van der Waals surface area contributed by atoms with Gasteiger partial charge in [-0.2, -0.15) is 0 Å². The van der Waals surface area contributed by atoms with Gasteiger partial charge in [-0.3, -0.25) is 0 Å². The molecule has 0 radical (unpaired) electrons. The monoisotopic (exact) mass is 245 g/mol. The van der Waals surface area contributed by atoms with E-state index in [0.717, 1.165) is 12.0 Å². The number of aliphatic hydroxyl groups excluding tert-OH is 1. The normalized spacial score (nSPS) is 29.2. The fourth-order valence-electron chi connectivity index (χ4n) is 2.06. The Morgan fingerprint density at radius 2 is 1.93 bits per heavy atom. The maximum Gasteiger partial charge on any atom is 0.0505 e. The minimum Gasteiger partial charge on any atom is -0.396 e. The number of hydrogen-bond donors (Lipinski definition) is 2. The molecule has 2 nitrogen and oxygen atoms in total. The van der Waals surface area contributed by atoms with E-state index < -0.39 is 0 Å².